The van der Waals surface area contributed by atoms with Crippen molar-refractivity contribution in [1.82, 2.24) is 19.9 Å². The highest BCUT2D eigenvalue weighted by molar-refractivity contribution is 6.30. The molecule has 0 amide bonds. The van der Waals surface area contributed by atoms with E-state index in [9.17, 15) is 0 Å². The predicted octanol–water partition coefficient (Wildman–Crippen LogP) is 4.00. The number of pyridine rings is 1. The number of halogens is 1. The molecule has 3 aromatic rings. The Morgan fingerprint density at radius 1 is 1.07 bits per heavy atom. The van der Waals surface area contributed by atoms with Crippen LogP contribution in [-0.2, 0) is 0 Å². The first-order valence-electron chi connectivity index (χ1n) is 9.07. The number of aromatic nitrogens is 3. The lowest BCUT2D eigenvalue weighted by Gasteiger charge is -2.22. The summed E-state index contributed by atoms with van der Waals surface area (Å²) >= 11 is 6.05. The molecule has 0 aliphatic carbocycles. The Labute approximate surface area is 164 Å². The molecule has 0 radical (unpaired) electrons. The van der Waals surface area contributed by atoms with Gasteiger partial charge in [0.05, 0.1) is 5.69 Å². The van der Waals surface area contributed by atoms with Crippen molar-refractivity contribution in [1.29, 1.82) is 0 Å². The van der Waals surface area contributed by atoms with Gasteiger partial charge in [0, 0.05) is 53.7 Å². The van der Waals surface area contributed by atoms with Gasteiger partial charge in [-0.25, -0.2) is 9.97 Å². The average Bonchev–Trinajstić information content (AvgIpc) is 3.20. The van der Waals surface area contributed by atoms with Crippen molar-refractivity contribution in [3.63, 3.8) is 0 Å². The van der Waals surface area contributed by atoms with Crippen LogP contribution in [0, 0.1) is 0 Å². The third-order valence-electron chi connectivity index (χ3n) is 4.99. The minimum Gasteiger partial charge on any atom is -0.355 e. The Balaban J connectivity index is 1.76. The highest BCUT2D eigenvalue weighted by Crippen LogP contribution is 2.29. The quantitative estimate of drug-likeness (QED) is 0.685. The van der Waals surface area contributed by atoms with Crippen LogP contribution >= 0.6 is 11.6 Å². The maximum Gasteiger partial charge on any atom is 0.163 e. The monoisotopic (exact) mass is 379 g/mol. The molecule has 27 heavy (non-hydrogen) atoms. The van der Waals surface area contributed by atoms with E-state index in [2.05, 4.69) is 34.9 Å². The van der Waals surface area contributed by atoms with Crippen molar-refractivity contribution in [3.05, 3.63) is 59.9 Å². The molecule has 5 nitrogen and oxygen atoms in total. The molecule has 1 aliphatic heterocycles. The zero-order valence-corrected chi connectivity index (χ0v) is 16.3. The number of anilines is 1. The summed E-state index contributed by atoms with van der Waals surface area (Å²) in [6, 6.07) is 14.3. The van der Waals surface area contributed by atoms with Gasteiger partial charge in [-0.15, -0.1) is 0 Å². The van der Waals surface area contributed by atoms with E-state index in [1.54, 1.807) is 12.4 Å². The van der Waals surface area contributed by atoms with E-state index >= 15 is 0 Å². The number of hydrogen-bond acceptors (Lipinski definition) is 5. The molecule has 1 aromatic carbocycles. The molecule has 6 heteroatoms. The molecular formula is C21H22ClN5. The van der Waals surface area contributed by atoms with Crippen LogP contribution in [0.25, 0.3) is 22.6 Å². The fourth-order valence-electron chi connectivity index (χ4n) is 3.36. The molecule has 1 fully saturated rings. The second-order valence-electron chi connectivity index (χ2n) is 7.04. The van der Waals surface area contributed by atoms with Crippen molar-refractivity contribution in [2.45, 2.75) is 12.5 Å². The maximum atomic E-state index is 6.05. The second-order valence-corrected chi connectivity index (χ2v) is 7.47. The smallest absolute Gasteiger partial charge is 0.163 e. The van der Waals surface area contributed by atoms with E-state index in [0.717, 1.165) is 42.1 Å². The predicted molar refractivity (Wildman–Crippen MR) is 110 cm³/mol. The van der Waals surface area contributed by atoms with Gasteiger partial charge < -0.3 is 9.80 Å². The third-order valence-corrected chi connectivity index (χ3v) is 5.24. The zero-order chi connectivity index (χ0) is 18.8. The first-order chi connectivity index (χ1) is 13.1. The van der Waals surface area contributed by atoms with Crippen LogP contribution in [0.3, 0.4) is 0 Å². The van der Waals surface area contributed by atoms with Crippen LogP contribution < -0.4 is 4.90 Å². The number of rotatable bonds is 4. The molecule has 2 aromatic heterocycles. The van der Waals surface area contributed by atoms with Gasteiger partial charge in [0.15, 0.2) is 5.82 Å². The van der Waals surface area contributed by atoms with Crippen LogP contribution in [0.1, 0.15) is 6.42 Å². The molecule has 0 saturated carbocycles. The number of nitrogens with zero attached hydrogens (tertiary/aromatic N) is 5. The summed E-state index contributed by atoms with van der Waals surface area (Å²) in [7, 11) is 4.27. The first kappa shape index (κ1) is 17.9. The summed E-state index contributed by atoms with van der Waals surface area (Å²) in [6.07, 6.45) is 4.70. The van der Waals surface area contributed by atoms with E-state index in [1.165, 1.54) is 0 Å². The highest BCUT2D eigenvalue weighted by atomic mass is 35.5. The van der Waals surface area contributed by atoms with Crippen LogP contribution in [0.4, 0.5) is 5.82 Å². The Hall–Kier alpha value is -2.50. The van der Waals surface area contributed by atoms with Crippen LogP contribution in [-0.4, -0.2) is 53.1 Å². The van der Waals surface area contributed by atoms with Crippen molar-refractivity contribution >= 4 is 17.4 Å². The van der Waals surface area contributed by atoms with Gasteiger partial charge in [-0.05, 0) is 44.8 Å². The molecule has 1 aliphatic rings. The van der Waals surface area contributed by atoms with Crippen molar-refractivity contribution < 1.29 is 0 Å². The van der Waals surface area contributed by atoms with Gasteiger partial charge in [0.2, 0.25) is 0 Å². The Morgan fingerprint density at radius 3 is 2.56 bits per heavy atom. The first-order valence-corrected chi connectivity index (χ1v) is 9.45. The molecule has 138 valence electrons. The summed E-state index contributed by atoms with van der Waals surface area (Å²) in [5.74, 6) is 1.65. The van der Waals surface area contributed by atoms with E-state index in [4.69, 9.17) is 21.6 Å². The van der Waals surface area contributed by atoms with Crippen LogP contribution in [0.2, 0.25) is 5.02 Å². The molecule has 0 spiro atoms. The van der Waals surface area contributed by atoms with Gasteiger partial charge in [0.25, 0.3) is 0 Å². The topological polar surface area (TPSA) is 45.2 Å². The fourth-order valence-corrected chi connectivity index (χ4v) is 3.49. The second kappa shape index (κ2) is 7.62. The van der Waals surface area contributed by atoms with Gasteiger partial charge >= 0.3 is 0 Å². The lowest BCUT2D eigenvalue weighted by Crippen LogP contribution is -2.31. The Morgan fingerprint density at radius 2 is 1.89 bits per heavy atom. The minimum absolute atomic E-state index is 0.542. The largest absolute Gasteiger partial charge is 0.355 e. The van der Waals surface area contributed by atoms with Gasteiger partial charge in [-0.1, -0.05) is 23.7 Å². The summed E-state index contributed by atoms with van der Waals surface area (Å²) in [5.41, 5.74) is 2.83. The van der Waals surface area contributed by atoms with Crippen molar-refractivity contribution in [3.8, 4) is 22.6 Å². The van der Waals surface area contributed by atoms with E-state index in [0.29, 0.717) is 16.9 Å². The zero-order valence-electron chi connectivity index (χ0n) is 15.5. The number of hydrogen-bond donors (Lipinski definition) is 0. The normalized spacial score (nSPS) is 16.9. The SMILES string of the molecule is CN(C)C1CCN(c2cc(-c3ccc(Cl)cc3)nc(-c3cccnc3)n2)C1. The summed E-state index contributed by atoms with van der Waals surface area (Å²) in [6.45, 7) is 1.96. The number of benzene rings is 1. The molecule has 4 rings (SSSR count). The fraction of sp³-hybridized carbons (Fsp3) is 0.286. The standard InChI is InChI=1S/C21H22ClN5/c1-26(2)18-9-11-27(14-18)20-12-19(15-5-7-17(22)8-6-15)24-21(25-20)16-4-3-10-23-13-16/h3-8,10,12-13,18H,9,11,14H2,1-2H3. The molecule has 1 saturated heterocycles. The van der Waals surface area contributed by atoms with E-state index in [1.807, 2.05) is 36.4 Å². The van der Waals surface area contributed by atoms with Gasteiger partial charge in [-0.2, -0.15) is 0 Å². The Bertz CT molecular complexity index is 912. The van der Waals surface area contributed by atoms with Crippen molar-refractivity contribution in [2.75, 3.05) is 32.1 Å². The van der Waals surface area contributed by atoms with Gasteiger partial charge in [0.1, 0.15) is 5.82 Å². The summed E-state index contributed by atoms with van der Waals surface area (Å²) < 4.78 is 0. The van der Waals surface area contributed by atoms with E-state index in [-0.39, 0.29) is 0 Å². The molecule has 0 bridgehead atoms. The number of likely N-dealkylation sites (N-methyl/N-ethyl adjacent to an activating group) is 1. The molecular weight excluding hydrogens is 358 g/mol. The molecule has 3 heterocycles. The summed E-state index contributed by atoms with van der Waals surface area (Å²) in [4.78, 5) is 18.5. The van der Waals surface area contributed by atoms with E-state index < -0.39 is 0 Å². The lowest BCUT2D eigenvalue weighted by molar-refractivity contribution is 0.315. The molecule has 1 atom stereocenters. The third kappa shape index (κ3) is 3.94. The average molecular weight is 380 g/mol. The van der Waals surface area contributed by atoms with Crippen molar-refractivity contribution in [2.24, 2.45) is 0 Å². The van der Waals surface area contributed by atoms with Crippen LogP contribution in [0.15, 0.2) is 54.9 Å². The van der Waals surface area contributed by atoms with Gasteiger partial charge in [-0.3, -0.25) is 4.98 Å². The molecule has 1 unspecified atom stereocenters. The lowest BCUT2D eigenvalue weighted by atomic mass is 10.1. The maximum absolute atomic E-state index is 6.05. The Kier molecular flexibility index (Phi) is 5.05. The molecule has 0 N–H and O–H groups in total. The highest BCUT2D eigenvalue weighted by Gasteiger charge is 2.25. The summed E-state index contributed by atoms with van der Waals surface area (Å²) in [5, 5.41) is 0.717. The van der Waals surface area contributed by atoms with Crippen LogP contribution in [0.5, 0.6) is 0 Å². The minimum atomic E-state index is 0.542.